The van der Waals surface area contributed by atoms with E-state index in [0.29, 0.717) is 5.89 Å². The lowest BCUT2D eigenvalue weighted by Gasteiger charge is -1.97. The van der Waals surface area contributed by atoms with Crippen LogP contribution in [-0.4, -0.2) is 10.2 Å². The number of hydrogen-bond acceptors (Lipinski definition) is 4. The van der Waals surface area contributed by atoms with Gasteiger partial charge in [-0.3, -0.25) is 0 Å². The first-order valence-corrected chi connectivity index (χ1v) is 4.52. The molecule has 4 nitrogen and oxygen atoms in total. The molecule has 78 valence electrons. The normalized spacial score (nSPS) is 12.7. The van der Waals surface area contributed by atoms with E-state index < -0.39 is 5.82 Å². The first kappa shape index (κ1) is 9.79. The van der Waals surface area contributed by atoms with Crippen LogP contribution in [-0.2, 0) is 0 Å². The van der Waals surface area contributed by atoms with Crippen molar-refractivity contribution >= 4 is 0 Å². The maximum Gasteiger partial charge on any atom is 0.250 e. The number of nitrogens with zero attached hydrogens (tertiary/aromatic N) is 2. The molecule has 0 saturated carbocycles. The Morgan fingerprint density at radius 2 is 2.07 bits per heavy atom. The van der Waals surface area contributed by atoms with Crippen LogP contribution < -0.4 is 5.73 Å². The van der Waals surface area contributed by atoms with Crippen molar-refractivity contribution in [2.45, 2.75) is 13.0 Å². The van der Waals surface area contributed by atoms with Gasteiger partial charge in [0.2, 0.25) is 5.89 Å². The van der Waals surface area contributed by atoms with Crippen LogP contribution in [0.2, 0.25) is 0 Å². The second-order valence-corrected chi connectivity index (χ2v) is 3.21. The molecule has 0 bridgehead atoms. The van der Waals surface area contributed by atoms with E-state index in [1.807, 2.05) is 0 Å². The lowest BCUT2D eigenvalue weighted by molar-refractivity contribution is 0.470. The molecule has 0 aliphatic carbocycles. The summed E-state index contributed by atoms with van der Waals surface area (Å²) in [7, 11) is 0. The molecule has 1 aromatic heterocycles. The van der Waals surface area contributed by atoms with Gasteiger partial charge in [0.05, 0.1) is 11.6 Å². The monoisotopic (exact) mass is 207 g/mol. The maximum atomic E-state index is 13.3. The van der Waals surface area contributed by atoms with E-state index in [0.717, 1.165) is 0 Å². The predicted octanol–water partition coefficient (Wildman–Crippen LogP) is 1.90. The highest BCUT2D eigenvalue weighted by Crippen LogP contribution is 2.22. The SMILES string of the molecule is C[C@H](N)c1nnc(-c2ccccc2F)o1. The molecule has 1 heterocycles. The lowest BCUT2D eigenvalue weighted by Crippen LogP contribution is -2.04. The minimum absolute atomic E-state index is 0.153. The van der Waals surface area contributed by atoms with Gasteiger partial charge < -0.3 is 10.2 Å². The van der Waals surface area contributed by atoms with Crippen LogP contribution in [0.5, 0.6) is 0 Å². The molecule has 0 aliphatic heterocycles. The van der Waals surface area contributed by atoms with Gasteiger partial charge in [-0.2, -0.15) is 0 Å². The average molecular weight is 207 g/mol. The van der Waals surface area contributed by atoms with Gasteiger partial charge in [-0.25, -0.2) is 4.39 Å². The highest BCUT2D eigenvalue weighted by atomic mass is 19.1. The number of benzene rings is 1. The summed E-state index contributed by atoms with van der Waals surface area (Å²) in [5, 5.41) is 7.46. The summed E-state index contributed by atoms with van der Waals surface area (Å²) >= 11 is 0. The number of hydrogen-bond donors (Lipinski definition) is 1. The quantitative estimate of drug-likeness (QED) is 0.816. The van der Waals surface area contributed by atoms with Gasteiger partial charge in [0.15, 0.2) is 0 Å². The number of aromatic nitrogens is 2. The smallest absolute Gasteiger partial charge is 0.250 e. The topological polar surface area (TPSA) is 64.9 Å². The van der Waals surface area contributed by atoms with Crippen LogP contribution in [0.25, 0.3) is 11.5 Å². The largest absolute Gasteiger partial charge is 0.419 e. The molecule has 2 rings (SSSR count). The minimum atomic E-state index is -0.391. The average Bonchev–Trinajstić information content (AvgIpc) is 2.67. The fourth-order valence-electron chi connectivity index (χ4n) is 1.16. The molecule has 0 spiro atoms. The summed E-state index contributed by atoms with van der Waals surface area (Å²) in [5.74, 6) is 0.0611. The zero-order valence-corrected chi connectivity index (χ0v) is 8.14. The molecule has 1 aromatic carbocycles. The van der Waals surface area contributed by atoms with Crippen molar-refractivity contribution in [3.05, 3.63) is 36.0 Å². The summed E-state index contributed by atoms with van der Waals surface area (Å²) in [4.78, 5) is 0. The van der Waals surface area contributed by atoms with E-state index in [4.69, 9.17) is 10.2 Å². The molecular weight excluding hydrogens is 197 g/mol. The van der Waals surface area contributed by atoms with E-state index in [2.05, 4.69) is 10.2 Å². The summed E-state index contributed by atoms with van der Waals surface area (Å²) in [5.41, 5.74) is 5.84. The summed E-state index contributed by atoms with van der Waals surface area (Å²) in [6, 6.07) is 5.87. The Bertz CT molecular complexity index is 467. The second-order valence-electron chi connectivity index (χ2n) is 3.21. The summed E-state index contributed by atoms with van der Waals surface area (Å²) < 4.78 is 18.6. The van der Waals surface area contributed by atoms with Crippen molar-refractivity contribution in [3.8, 4) is 11.5 Å². The number of halogens is 1. The van der Waals surface area contributed by atoms with E-state index in [9.17, 15) is 4.39 Å². The number of nitrogens with two attached hydrogens (primary N) is 1. The molecule has 15 heavy (non-hydrogen) atoms. The predicted molar refractivity (Wildman–Crippen MR) is 52.3 cm³/mol. The first-order chi connectivity index (χ1) is 7.18. The van der Waals surface area contributed by atoms with E-state index in [-0.39, 0.29) is 17.5 Å². The minimum Gasteiger partial charge on any atom is -0.419 e. The van der Waals surface area contributed by atoms with E-state index >= 15 is 0 Å². The molecular formula is C10H10FN3O. The fraction of sp³-hybridized carbons (Fsp3) is 0.200. The van der Waals surface area contributed by atoms with Crippen molar-refractivity contribution in [3.63, 3.8) is 0 Å². The third-order valence-electron chi connectivity index (χ3n) is 1.93. The standard InChI is InChI=1S/C10H10FN3O/c1-6(12)9-13-14-10(15-9)7-4-2-3-5-8(7)11/h2-6H,12H2,1H3/t6-/m0/s1. The van der Waals surface area contributed by atoms with Gasteiger partial charge in [0, 0.05) is 0 Å². The molecule has 0 saturated heterocycles. The van der Waals surface area contributed by atoms with Crippen LogP contribution in [0.4, 0.5) is 4.39 Å². The summed E-state index contributed by atoms with van der Waals surface area (Å²) in [6.07, 6.45) is 0. The first-order valence-electron chi connectivity index (χ1n) is 4.52. The lowest BCUT2D eigenvalue weighted by atomic mass is 10.2. The third kappa shape index (κ3) is 1.87. The molecule has 2 aromatic rings. The zero-order valence-electron chi connectivity index (χ0n) is 8.14. The molecule has 1 atom stereocenters. The maximum absolute atomic E-state index is 13.3. The van der Waals surface area contributed by atoms with Crippen LogP contribution in [0, 0.1) is 5.82 Å². The van der Waals surface area contributed by atoms with Crippen LogP contribution in [0.1, 0.15) is 18.9 Å². The Balaban J connectivity index is 2.42. The molecule has 5 heteroatoms. The Kier molecular flexibility index (Phi) is 2.47. The molecule has 0 radical (unpaired) electrons. The van der Waals surface area contributed by atoms with Crippen molar-refractivity contribution in [1.29, 1.82) is 0 Å². The van der Waals surface area contributed by atoms with Gasteiger partial charge in [-0.15, -0.1) is 10.2 Å². The van der Waals surface area contributed by atoms with Gasteiger partial charge in [-0.1, -0.05) is 12.1 Å². The second kappa shape index (κ2) is 3.78. The van der Waals surface area contributed by atoms with E-state index in [1.54, 1.807) is 25.1 Å². The van der Waals surface area contributed by atoms with Crippen LogP contribution >= 0.6 is 0 Å². The van der Waals surface area contributed by atoms with Gasteiger partial charge in [0.1, 0.15) is 5.82 Å². The summed E-state index contributed by atoms with van der Waals surface area (Å²) in [6.45, 7) is 1.72. The molecule has 0 unspecified atom stereocenters. The Morgan fingerprint density at radius 3 is 2.67 bits per heavy atom. The number of rotatable bonds is 2. The molecule has 0 aliphatic rings. The highest BCUT2D eigenvalue weighted by molar-refractivity contribution is 5.53. The van der Waals surface area contributed by atoms with E-state index in [1.165, 1.54) is 6.07 Å². The fourth-order valence-corrected chi connectivity index (χ4v) is 1.16. The Labute approximate surface area is 85.9 Å². The zero-order chi connectivity index (χ0) is 10.8. The van der Waals surface area contributed by atoms with Crippen LogP contribution in [0.3, 0.4) is 0 Å². The highest BCUT2D eigenvalue weighted by Gasteiger charge is 2.13. The van der Waals surface area contributed by atoms with Crippen molar-refractivity contribution in [2.24, 2.45) is 5.73 Å². The van der Waals surface area contributed by atoms with Crippen molar-refractivity contribution < 1.29 is 8.81 Å². The molecule has 2 N–H and O–H groups in total. The van der Waals surface area contributed by atoms with Gasteiger partial charge >= 0.3 is 0 Å². The third-order valence-corrected chi connectivity index (χ3v) is 1.93. The molecule has 0 fully saturated rings. The van der Waals surface area contributed by atoms with Crippen LogP contribution in [0.15, 0.2) is 28.7 Å². The molecule has 0 amide bonds. The Hall–Kier alpha value is -1.75. The van der Waals surface area contributed by atoms with Crippen molar-refractivity contribution in [1.82, 2.24) is 10.2 Å². The van der Waals surface area contributed by atoms with Gasteiger partial charge in [0.25, 0.3) is 5.89 Å². The van der Waals surface area contributed by atoms with Crippen molar-refractivity contribution in [2.75, 3.05) is 0 Å². The Morgan fingerprint density at radius 1 is 1.33 bits per heavy atom. The van der Waals surface area contributed by atoms with Gasteiger partial charge in [-0.05, 0) is 19.1 Å².